The van der Waals surface area contributed by atoms with Crippen LogP contribution in [0.5, 0.6) is 0 Å². The summed E-state index contributed by atoms with van der Waals surface area (Å²) < 4.78 is 5.65. The van der Waals surface area contributed by atoms with Crippen LogP contribution in [0.15, 0.2) is 0 Å². The largest absolute Gasteiger partial charge is 0.377 e. The zero-order valence-electron chi connectivity index (χ0n) is 13.6. The molecule has 0 aromatic rings. The second-order valence-electron chi connectivity index (χ2n) is 6.87. The SMILES string of the molecule is CC(C)CN1CCN(C(C)CNCC2CCCO2)CC1. The first kappa shape index (κ1) is 16.2. The quantitative estimate of drug-likeness (QED) is 0.765. The Kier molecular flexibility index (Phi) is 6.75. The van der Waals surface area contributed by atoms with E-state index in [-0.39, 0.29) is 0 Å². The molecule has 0 spiro atoms. The highest BCUT2D eigenvalue weighted by Gasteiger charge is 2.21. The molecule has 0 aromatic carbocycles. The summed E-state index contributed by atoms with van der Waals surface area (Å²) >= 11 is 0. The van der Waals surface area contributed by atoms with Gasteiger partial charge in [-0.05, 0) is 25.7 Å². The number of nitrogens with zero attached hydrogens (tertiary/aromatic N) is 2. The Balaban J connectivity index is 1.57. The van der Waals surface area contributed by atoms with Gasteiger partial charge < -0.3 is 15.0 Å². The average molecular weight is 283 g/mol. The topological polar surface area (TPSA) is 27.7 Å². The Hall–Kier alpha value is -0.160. The minimum Gasteiger partial charge on any atom is -0.377 e. The second-order valence-corrected chi connectivity index (χ2v) is 6.87. The molecule has 2 aliphatic heterocycles. The van der Waals surface area contributed by atoms with E-state index in [1.54, 1.807) is 0 Å². The fraction of sp³-hybridized carbons (Fsp3) is 1.00. The summed E-state index contributed by atoms with van der Waals surface area (Å²) in [4.78, 5) is 5.23. The molecule has 4 nitrogen and oxygen atoms in total. The summed E-state index contributed by atoms with van der Waals surface area (Å²) in [6, 6.07) is 0.637. The lowest BCUT2D eigenvalue weighted by Gasteiger charge is -2.38. The highest BCUT2D eigenvalue weighted by atomic mass is 16.5. The zero-order chi connectivity index (χ0) is 14.4. The van der Waals surface area contributed by atoms with Crippen molar-refractivity contribution in [2.24, 2.45) is 5.92 Å². The Morgan fingerprint density at radius 2 is 1.90 bits per heavy atom. The number of hydrogen-bond acceptors (Lipinski definition) is 4. The Labute approximate surface area is 124 Å². The normalized spacial score (nSPS) is 27.3. The lowest BCUT2D eigenvalue weighted by Crippen LogP contribution is -2.52. The van der Waals surface area contributed by atoms with Gasteiger partial charge in [0.2, 0.25) is 0 Å². The summed E-state index contributed by atoms with van der Waals surface area (Å²) in [6.07, 6.45) is 2.93. The van der Waals surface area contributed by atoms with Gasteiger partial charge in [-0.25, -0.2) is 0 Å². The van der Waals surface area contributed by atoms with Gasteiger partial charge >= 0.3 is 0 Å². The lowest BCUT2D eigenvalue weighted by atomic mass is 10.1. The summed E-state index contributed by atoms with van der Waals surface area (Å²) in [6.45, 7) is 16.2. The van der Waals surface area contributed by atoms with Gasteiger partial charge in [-0.3, -0.25) is 4.90 Å². The smallest absolute Gasteiger partial charge is 0.0700 e. The van der Waals surface area contributed by atoms with Crippen molar-refractivity contribution in [3.8, 4) is 0 Å². The van der Waals surface area contributed by atoms with Gasteiger partial charge in [-0.15, -0.1) is 0 Å². The van der Waals surface area contributed by atoms with Gasteiger partial charge in [0, 0.05) is 58.5 Å². The maximum Gasteiger partial charge on any atom is 0.0700 e. The lowest BCUT2D eigenvalue weighted by molar-refractivity contribution is 0.0870. The van der Waals surface area contributed by atoms with Crippen LogP contribution < -0.4 is 5.32 Å². The number of nitrogens with one attached hydrogen (secondary N) is 1. The molecule has 0 aliphatic carbocycles. The van der Waals surface area contributed by atoms with Gasteiger partial charge in [0.15, 0.2) is 0 Å². The Morgan fingerprint density at radius 3 is 2.50 bits per heavy atom. The van der Waals surface area contributed by atoms with Crippen LogP contribution in [0.4, 0.5) is 0 Å². The van der Waals surface area contributed by atoms with Crippen molar-refractivity contribution in [1.29, 1.82) is 0 Å². The van der Waals surface area contributed by atoms with Crippen LogP contribution in [-0.2, 0) is 4.74 Å². The first-order valence-corrected chi connectivity index (χ1v) is 8.44. The van der Waals surface area contributed by atoms with Gasteiger partial charge in [0.25, 0.3) is 0 Å². The predicted molar refractivity (Wildman–Crippen MR) is 84.2 cm³/mol. The molecule has 2 rings (SSSR count). The molecule has 2 aliphatic rings. The average Bonchev–Trinajstić information content (AvgIpc) is 2.92. The van der Waals surface area contributed by atoms with E-state index in [4.69, 9.17) is 4.74 Å². The minimum atomic E-state index is 0.463. The maximum atomic E-state index is 5.65. The van der Waals surface area contributed by atoms with E-state index in [1.807, 2.05) is 0 Å². The molecular weight excluding hydrogens is 250 g/mol. The van der Waals surface area contributed by atoms with E-state index in [0.717, 1.165) is 25.6 Å². The fourth-order valence-corrected chi connectivity index (χ4v) is 3.29. The van der Waals surface area contributed by atoms with Crippen LogP contribution in [0.1, 0.15) is 33.6 Å². The summed E-state index contributed by atoms with van der Waals surface area (Å²) in [5, 5.41) is 3.59. The van der Waals surface area contributed by atoms with Crippen molar-refractivity contribution >= 4 is 0 Å². The van der Waals surface area contributed by atoms with Gasteiger partial charge in [-0.1, -0.05) is 13.8 Å². The molecule has 2 atom stereocenters. The molecule has 2 fully saturated rings. The third-order valence-corrected chi connectivity index (χ3v) is 4.49. The molecule has 0 radical (unpaired) electrons. The van der Waals surface area contributed by atoms with E-state index in [2.05, 4.69) is 35.9 Å². The van der Waals surface area contributed by atoms with Crippen LogP contribution in [0.25, 0.3) is 0 Å². The van der Waals surface area contributed by atoms with E-state index < -0.39 is 0 Å². The van der Waals surface area contributed by atoms with E-state index in [9.17, 15) is 0 Å². The van der Waals surface area contributed by atoms with Crippen LogP contribution in [0, 0.1) is 5.92 Å². The Morgan fingerprint density at radius 1 is 1.15 bits per heavy atom. The van der Waals surface area contributed by atoms with Crippen molar-refractivity contribution in [2.75, 3.05) is 52.4 Å². The Bertz CT molecular complexity index is 258. The summed E-state index contributed by atoms with van der Waals surface area (Å²) in [5.41, 5.74) is 0. The second kappa shape index (κ2) is 8.32. The molecule has 0 saturated carbocycles. The third-order valence-electron chi connectivity index (χ3n) is 4.49. The van der Waals surface area contributed by atoms with E-state index in [1.165, 1.54) is 45.6 Å². The molecule has 1 N–H and O–H groups in total. The molecular formula is C16H33N3O. The molecule has 0 bridgehead atoms. The van der Waals surface area contributed by atoms with Gasteiger partial charge in [0.1, 0.15) is 0 Å². The third kappa shape index (κ3) is 5.32. The van der Waals surface area contributed by atoms with E-state index >= 15 is 0 Å². The van der Waals surface area contributed by atoms with Crippen LogP contribution >= 0.6 is 0 Å². The van der Waals surface area contributed by atoms with Crippen molar-refractivity contribution < 1.29 is 4.74 Å². The molecule has 4 heteroatoms. The summed E-state index contributed by atoms with van der Waals surface area (Å²) in [7, 11) is 0. The molecule has 2 saturated heterocycles. The van der Waals surface area contributed by atoms with Crippen molar-refractivity contribution in [1.82, 2.24) is 15.1 Å². The number of rotatable bonds is 7. The fourth-order valence-electron chi connectivity index (χ4n) is 3.29. The number of hydrogen-bond donors (Lipinski definition) is 1. The number of ether oxygens (including phenoxy) is 1. The molecule has 0 amide bonds. The van der Waals surface area contributed by atoms with Crippen LogP contribution in [0.2, 0.25) is 0 Å². The van der Waals surface area contributed by atoms with Gasteiger partial charge in [-0.2, -0.15) is 0 Å². The minimum absolute atomic E-state index is 0.463. The first-order chi connectivity index (χ1) is 9.65. The van der Waals surface area contributed by atoms with E-state index in [0.29, 0.717) is 12.1 Å². The van der Waals surface area contributed by atoms with Gasteiger partial charge in [0.05, 0.1) is 6.10 Å². The standard InChI is InChI=1S/C16H33N3O/c1-14(2)13-18-6-8-19(9-7-18)15(3)11-17-12-16-5-4-10-20-16/h14-17H,4-13H2,1-3H3. The van der Waals surface area contributed by atoms with Crippen LogP contribution in [-0.4, -0.2) is 74.4 Å². The maximum absolute atomic E-state index is 5.65. The monoisotopic (exact) mass is 283 g/mol. The summed E-state index contributed by atoms with van der Waals surface area (Å²) in [5.74, 6) is 0.784. The molecule has 118 valence electrons. The molecule has 2 unspecified atom stereocenters. The van der Waals surface area contributed by atoms with Crippen LogP contribution in [0.3, 0.4) is 0 Å². The molecule has 2 heterocycles. The zero-order valence-corrected chi connectivity index (χ0v) is 13.6. The first-order valence-electron chi connectivity index (χ1n) is 8.44. The highest BCUT2D eigenvalue weighted by molar-refractivity contribution is 4.78. The molecule has 0 aromatic heterocycles. The van der Waals surface area contributed by atoms with Crippen molar-refractivity contribution in [2.45, 2.75) is 45.8 Å². The molecule has 20 heavy (non-hydrogen) atoms. The number of piperazine rings is 1. The highest BCUT2D eigenvalue weighted by Crippen LogP contribution is 2.11. The van der Waals surface area contributed by atoms with Crippen molar-refractivity contribution in [3.63, 3.8) is 0 Å². The predicted octanol–water partition coefficient (Wildman–Crippen LogP) is 1.42. The van der Waals surface area contributed by atoms with Crippen molar-refractivity contribution in [3.05, 3.63) is 0 Å².